The van der Waals surface area contributed by atoms with Crippen LogP contribution in [0.2, 0.25) is 5.02 Å². The van der Waals surface area contributed by atoms with Gasteiger partial charge >= 0.3 is 0 Å². The van der Waals surface area contributed by atoms with E-state index < -0.39 is 17.4 Å². The lowest BCUT2D eigenvalue weighted by Crippen LogP contribution is -2.74. The van der Waals surface area contributed by atoms with E-state index in [9.17, 15) is 29.2 Å². The fourth-order valence-electron chi connectivity index (χ4n) is 9.99. The van der Waals surface area contributed by atoms with Crippen LogP contribution in [0, 0.1) is 33.5 Å². The fourth-order valence-corrected chi connectivity index (χ4v) is 10.2. The topological polar surface area (TPSA) is 152 Å². The zero-order valence-corrected chi connectivity index (χ0v) is 32.2. The molecule has 1 unspecified atom stereocenters. The number of carbonyl (C=O) groups is 5. The molecule has 54 heavy (non-hydrogen) atoms. The van der Waals surface area contributed by atoms with Gasteiger partial charge in [-0.05, 0) is 87.5 Å². The van der Waals surface area contributed by atoms with Crippen molar-refractivity contribution in [3.63, 3.8) is 0 Å². The van der Waals surface area contributed by atoms with E-state index in [0.29, 0.717) is 40.7 Å². The largest absolute Gasteiger partial charge is 0.489 e. The summed E-state index contributed by atoms with van der Waals surface area (Å²) in [6.45, 7) is 12.6. The maximum absolute atomic E-state index is 13.5. The molecule has 7 rings (SSSR count). The zero-order chi connectivity index (χ0) is 38.6. The molecule has 12 nitrogen and oxygen atoms in total. The first-order valence-corrected chi connectivity index (χ1v) is 19.5. The van der Waals surface area contributed by atoms with Crippen LogP contribution in [-0.4, -0.2) is 90.2 Å². The number of anilines is 1. The number of piperidine rings is 3. The van der Waals surface area contributed by atoms with Gasteiger partial charge in [0.05, 0.1) is 16.0 Å². The van der Waals surface area contributed by atoms with E-state index in [1.54, 1.807) is 18.2 Å². The molecule has 4 aliphatic heterocycles. The zero-order valence-electron chi connectivity index (χ0n) is 31.5. The van der Waals surface area contributed by atoms with E-state index in [-0.39, 0.29) is 65.9 Å². The monoisotopic (exact) mass is 756 g/mol. The Bertz CT molecular complexity index is 1870. The maximum atomic E-state index is 13.5. The van der Waals surface area contributed by atoms with Crippen molar-refractivity contribution in [3.05, 3.63) is 58.6 Å². The number of benzene rings is 2. The number of nitrogens with one attached hydrogen (secondary N) is 2. The van der Waals surface area contributed by atoms with Crippen molar-refractivity contribution in [3.8, 4) is 11.8 Å². The predicted octanol–water partition coefficient (Wildman–Crippen LogP) is 4.69. The summed E-state index contributed by atoms with van der Waals surface area (Å²) in [6, 6.07) is 14.0. The Balaban J connectivity index is 0.870. The maximum Gasteiger partial charge on any atom is 0.251 e. The lowest BCUT2D eigenvalue weighted by Gasteiger charge is -2.63. The Morgan fingerprint density at radius 2 is 1.63 bits per heavy atom. The molecule has 1 spiro atoms. The third-order valence-corrected chi connectivity index (χ3v) is 13.1. The Labute approximate surface area is 321 Å². The van der Waals surface area contributed by atoms with Gasteiger partial charge in [-0.15, -0.1) is 0 Å². The summed E-state index contributed by atoms with van der Waals surface area (Å²) in [5.74, 6) is -0.477. The lowest BCUT2D eigenvalue weighted by molar-refractivity contribution is -0.164. The minimum atomic E-state index is -0.886. The van der Waals surface area contributed by atoms with Crippen molar-refractivity contribution in [2.24, 2.45) is 22.2 Å². The van der Waals surface area contributed by atoms with Gasteiger partial charge in [0.15, 0.2) is 0 Å². The van der Waals surface area contributed by atoms with Crippen molar-refractivity contribution in [1.29, 1.82) is 5.26 Å². The molecule has 1 aliphatic carbocycles. The number of ether oxygens (including phenoxy) is 1. The number of rotatable bonds is 8. The number of carbonyl (C=O) groups excluding carboxylic acids is 5. The average molecular weight is 757 g/mol. The number of nitriles is 1. The Morgan fingerprint density at radius 1 is 0.963 bits per heavy atom. The molecule has 4 heterocycles. The van der Waals surface area contributed by atoms with Gasteiger partial charge in [0.25, 0.3) is 5.91 Å². The first-order valence-electron chi connectivity index (χ1n) is 19.1. The standard InChI is InChI=1S/C41H49ClN6O6/c1-39(2)36(40(3,4)37(39)54-29-10-7-27(23-43)30(42)21-29)45-34(51)26-5-8-28(9-6-26)47-17-13-25(14-18-47)24-46-19-15-41(16-20-46)22-33(50)48(38(41)53)31-11-12-32(49)44-35(31)52/h5-10,21,25,31,36-37H,11-20,22,24H2,1-4H3,(H,45,51)(H,44,49,52). The average Bonchev–Trinajstić information content (AvgIpc) is 3.38. The molecule has 5 fully saturated rings. The molecule has 1 saturated carbocycles. The highest BCUT2D eigenvalue weighted by Gasteiger charge is 2.64. The first kappa shape index (κ1) is 37.8. The summed E-state index contributed by atoms with van der Waals surface area (Å²) in [4.78, 5) is 69.9. The highest BCUT2D eigenvalue weighted by molar-refractivity contribution is 6.31. The van der Waals surface area contributed by atoms with E-state index in [4.69, 9.17) is 16.3 Å². The van der Waals surface area contributed by atoms with E-state index in [1.165, 1.54) is 0 Å². The molecule has 2 aromatic carbocycles. The van der Waals surface area contributed by atoms with Crippen LogP contribution in [0.3, 0.4) is 0 Å². The number of nitrogens with zero attached hydrogens (tertiary/aromatic N) is 4. The molecular weight excluding hydrogens is 708 g/mol. The summed E-state index contributed by atoms with van der Waals surface area (Å²) in [5, 5.41) is 15.1. The molecule has 0 aromatic heterocycles. The molecule has 0 radical (unpaired) electrons. The van der Waals surface area contributed by atoms with Crippen molar-refractivity contribution in [2.45, 2.75) is 90.8 Å². The fraction of sp³-hybridized carbons (Fsp3) is 0.561. The molecule has 2 aromatic rings. The minimum absolute atomic E-state index is 0.123. The van der Waals surface area contributed by atoms with Crippen molar-refractivity contribution in [1.82, 2.24) is 20.4 Å². The van der Waals surface area contributed by atoms with E-state index in [1.807, 2.05) is 24.3 Å². The highest BCUT2D eigenvalue weighted by Crippen LogP contribution is 2.55. The number of imide groups is 2. The molecule has 4 saturated heterocycles. The molecule has 286 valence electrons. The highest BCUT2D eigenvalue weighted by atomic mass is 35.5. The summed E-state index contributed by atoms with van der Waals surface area (Å²) in [5.41, 5.74) is 0.637. The van der Waals surface area contributed by atoms with E-state index in [0.717, 1.165) is 56.2 Å². The molecule has 1 atom stereocenters. The van der Waals surface area contributed by atoms with Crippen molar-refractivity contribution in [2.75, 3.05) is 37.6 Å². The van der Waals surface area contributed by atoms with Gasteiger partial charge in [0.1, 0.15) is 24.0 Å². The summed E-state index contributed by atoms with van der Waals surface area (Å²) < 4.78 is 6.37. The Morgan fingerprint density at radius 3 is 2.24 bits per heavy atom. The van der Waals surface area contributed by atoms with Gasteiger partial charge in [0.2, 0.25) is 23.6 Å². The van der Waals surface area contributed by atoms with Crippen LogP contribution >= 0.6 is 11.6 Å². The molecule has 5 amide bonds. The van der Waals surface area contributed by atoms with Gasteiger partial charge < -0.3 is 19.9 Å². The van der Waals surface area contributed by atoms with Crippen LogP contribution in [0.25, 0.3) is 0 Å². The third kappa shape index (κ3) is 6.85. The first-order chi connectivity index (χ1) is 25.6. The second-order valence-electron chi connectivity index (χ2n) is 17.1. The summed E-state index contributed by atoms with van der Waals surface area (Å²) in [6.07, 6.45) is 3.54. The number of amides is 5. The molecule has 13 heteroatoms. The van der Waals surface area contributed by atoms with Crippen LogP contribution < -0.4 is 20.3 Å². The van der Waals surface area contributed by atoms with Crippen LogP contribution in [0.15, 0.2) is 42.5 Å². The number of halogens is 1. The van der Waals surface area contributed by atoms with Crippen LogP contribution in [-0.2, 0) is 19.2 Å². The van der Waals surface area contributed by atoms with E-state index >= 15 is 0 Å². The second-order valence-corrected chi connectivity index (χ2v) is 17.5. The molecule has 0 bridgehead atoms. The summed E-state index contributed by atoms with van der Waals surface area (Å²) in [7, 11) is 0. The van der Waals surface area contributed by atoms with Crippen LogP contribution in [0.4, 0.5) is 5.69 Å². The van der Waals surface area contributed by atoms with Gasteiger partial charge in [0, 0.05) is 66.7 Å². The lowest BCUT2D eigenvalue weighted by atomic mass is 9.49. The number of hydrogen-bond acceptors (Lipinski definition) is 9. The Hall–Kier alpha value is -4.47. The van der Waals surface area contributed by atoms with Crippen LogP contribution in [0.1, 0.15) is 88.6 Å². The van der Waals surface area contributed by atoms with Gasteiger partial charge in [-0.2, -0.15) is 5.26 Å². The van der Waals surface area contributed by atoms with Gasteiger partial charge in [-0.1, -0.05) is 39.3 Å². The normalized spacial score (nSPS) is 26.6. The molecule has 5 aliphatic rings. The number of hydrogen-bond donors (Lipinski definition) is 2. The number of likely N-dealkylation sites (tertiary alicyclic amines) is 2. The van der Waals surface area contributed by atoms with Crippen molar-refractivity contribution < 1.29 is 28.7 Å². The minimum Gasteiger partial charge on any atom is -0.489 e. The molecule has 2 N–H and O–H groups in total. The van der Waals surface area contributed by atoms with Gasteiger partial charge in [-0.25, -0.2) is 0 Å². The predicted molar refractivity (Wildman–Crippen MR) is 202 cm³/mol. The SMILES string of the molecule is CC1(C)C(NC(=O)c2ccc(N3CCC(CN4CCC5(CC4)CC(=O)N(C4CCC(=O)NC4=O)C5=O)CC3)cc2)C(C)(C)C1Oc1ccc(C#N)c(Cl)c1. The van der Waals surface area contributed by atoms with Gasteiger partial charge in [-0.3, -0.25) is 34.2 Å². The summed E-state index contributed by atoms with van der Waals surface area (Å²) >= 11 is 6.24. The second kappa shape index (κ2) is 14.3. The third-order valence-electron chi connectivity index (χ3n) is 12.8. The quantitative estimate of drug-likeness (QED) is 0.366. The smallest absolute Gasteiger partial charge is 0.251 e. The van der Waals surface area contributed by atoms with Crippen molar-refractivity contribution >= 4 is 46.8 Å². The van der Waals surface area contributed by atoms with E-state index in [2.05, 4.69) is 54.2 Å². The Kier molecular flexibility index (Phi) is 10.0. The van der Waals surface area contributed by atoms with Crippen LogP contribution in [0.5, 0.6) is 5.75 Å². The molecular formula is C41H49ClN6O6.